The molecule has 0 spiro atoms. The molecule has 0 saturated carbocycles. The number of hydrogen-bond acceptors (Lipinski definition) is 2. The summed E-state index contributed by atoms with van der Waals surface area (Å²) in [7, 11) is 0. The first-order valence-electron chi connectivity index (χ1n) is 7.40. The van der Waals surface area contributed by atoms with E-state index in [0.717, 1.165) is 5.56 Å². The molecule has 0 unspecified atom stereocenters. The van der Waals surface area contributed by atoms with Gasteiger partial charge in [-0.15, -0.1) is 0 Å². The molecule has 2 rings (SSSR count). The Bertz CT molecular complexity index is 638. The van der Waals surface area contributed by atoms with Crippen LogP contribution in [0, 0.1) is 0 Å². The fraction of sp³-hybridized carbons (Fsp3) is 0.278. The molecule has 0 radical (unpaired) electrons. The van der Waals surface area contributed by atoms with Gasteiger partial charge in [-0.1, -0.05) is 29.8 Å². The lowest BCUT2D eigenvalue weighted by molar-refractivity contribution is 0.0772. The van der Waals surface area contributed by atoms with Crippen LogP contribution in [0.15, 0.2) is 48.5 Å². The third-order valence-corrected chi connectivity index (χ3v) is 3.66. The molecule has 0 aromatic heterocycles. The highest BCUT2D eigenvalue weighted by atomic mass is 35.5. The van der Waals surface area contributed by atoms with Crippen LogP contribution in [0.4, 0.5) is 0 Å². The summed E-state index contributed by atoms with van der Waals surface area (Å²) < 4.78 is 5.76. The van der Waals surface area contributed by atoms with Crippen molar-refractivity contribution in [2.75, 3.05) is 13.1 Å². The normalized spacial score (nSPS) is 10.3. The highest BCUT2D eigenvalue weighted by Gasteiger charge is 2.12. The molecule has 0 heterocycles. The van der Waals surface area contributed by atoms with Crippen LogP contribution in [-0.2, 0) is 6.61 Å². The molecule has 116 valence electrons. The predicted octanol–water partition coefficient (Wildman–Crippen LogP) is 4.40. The number of halogens is 1. The van der Waals surface area contributed by atoms with Crippen molar-refractivity contribution in [3.05, 3.63) is 64.7 Å². The highest BCUT2D eigenvalue weighted by Crippen LogP contribution is 2.18. The van der Waals surface area contributed by atoms with Crippen molar-refractivity contribution < 1.29 is 9.53 Å². The summed E-state index contributed by atoms with van der Waals surface area (Å²) in [6.45, 7) is 5.76. The van der Waals surface area contributed by atoms with Crippen molar-refractivity contribution in [1.82, 2.24) is 4.90 Å². The standard InChI is InChI=1S/C18H20ClNO2/c1-3-20(4-2)18(21)15-8-6-10-17(12-15)22-13-14-7-5-9-16(19)11-14/h5-12H,3-4,13H2,1-2H3. The first-order valence-corrected chi connectivity index (χ1v) is 7.78. The van der Waals surface area contributed by atoms with Crippen molar-refractivity contribution in [3.8, 4) is 5.75 Å². The van der Waals surface area contributed by atoms with Gasteiger partial charge in [-0.05, 0) is 49.7 Å². The van der Waals surface area contributed by atoms with Crippen LogP contribution in [0.1, 0.15) is 29.8 Å². The van der Waals surface area contributed by atoms with E-state index in [1.165, 1.54) is 0 Å². The van der Waals surface area contributed by atoms with Crippen LogP contribution in [0.5, 0.6) is 5.75 Å². The molecule has 0 fully saturated rings. The first-order chi connectivity index (χ1) is 10.6. The Kier molecular flexibility index (Phi) is 5.84. The summed E-state index contributed by atoms with van der Waals surface area (Å²) in [5.74, 6) is 0.705. The second-order valence-electron chi connectivity index (χ2n) is 4.92. The topological polar surface area (TPSA) is 29.5 Å². The van der Waals surface area contributed by atoms with E-state index < -0.39 is 0 Å². The Morgan fingerprint density at radius 1 is 1.09 bits per heavy atom. The van der Waals surface area contributed by atoms with Gasteiger partial charge in [0.25, 0.3) is 5.91 Å². The number of carbonyl (C=O) groups excluding carboxylic acids is 1. The van der Waals surface area contributed by atoms with Crippen LogP contribution < -0.4 is 4.74 Å². The number of carbonyl (C=O) groups is 1. The zero-order chi connectivity index (χ0) is 15.9. The van der Waals surface area contributed by atoms with E-state index >= 15 is 0 Å². The molecule has 2 aromatic rings. The Hall–Kier alpha value is -2.00. The Balaban J connectivity index is 2.07. The summed E-state index contributed by atoms with van der Waals surface area (Å²) in [6, 6.07) is 14.8. The molecule has 1 amide bonds. The summed E-state index contributed by atoms with van der Waals surface area (Å²) in [4.78, 5) is 14.1. The molecule has 4 heteroatoms. The van der Waals surface area contributed by atoms with Crippen molar-refractivity contribution in [1.29, 1.82) is 0 Å². The number of nitrogens with zero attached hydrogens (tertiary/aromatic N) is 1. The summed E-state index contributed by atoms with van der Waals surface area (Å²) in [5, 5.41) is 0.687. The van der Waals surface area contributed by atoms with Crippen molar-refractivity contribution >= 4 is 17.5 Å². The van der Waals surface area contributed by atoms with E-state index in [2.05, 4.69) is 0 Å². The van der Waals surface area contributed by atoms with E-state index in [4.69, 9.17) is 16.3 Å². The van der Waals surface area contributed by atoms with Crippen molar-refractivity contribution in [2.45, 2.75) is 20.5 Å². The van der Waals surface area contributed by atoms with Crippen LogP contribution >= 0.6 is 11.6 Å². The summed E-state index contributed by atoms with van der Waals surface area (Å²) in [5.41, 5.74) is 1.64. The molecule has 0 bridgehead atoms. The SMILES string of the molecule is CCN(CC)C(=O)c1cccc(OCc2cccc(Cl)c2)c1. The average molecular weight is 318 g/mol. The number of ether oxygens (including phenoxy) is 1. The minimum absolute atomic E-state index is 0.0261. The van der Waals surface area contributed by atoms with Crippen LogP contribution in [0.3, 0.4) is 0 Å². The van der Waals surface area contributed by atoms with E-state index in [9.17, 15) is 4.79 Å². The molecule has 0 aliphatic heterocycles. The van der Waals surface area contributed by atoms with Gasteiger partial charge in [-0.3, -0.25) is 4.79 Å². The van der Waals surface area contributed by atoms with Crippen LogP contribution in [-0.4, -0.2) is 23.9 Å². The minimum atomic E-state index is 0.0261. The van der Waals surface area contributed by atoms with E-state index in [0.29, 0.717) is 36.0 Å². The molecular weight excluding hydrogens is 298 g/mol. The molecular formula is C18H20ClNO2. The van der Waals surface area contributed by atoms with E-state index in [1.807, 2.05) is 56.3 Å². The second-order valence-corrected chi connectivity index (χ2v) is 5.36. The lowest BCUT2D eigenvalue weighted by Gasteiger charge is -2.19. The lowest BCUT2D eigenvalue weighted by Crippen LogP contribution is -2.30. The fourth-order valence-electron chi connectivity index (χ4n) is 2.21. The van der Waals surface area contributed by atoms with Gasteiger partial charge in [0.1, 0.15) is 12.4 Å². The van der Waals surface area contributed by atoms with Gasteiger partial charge in [0, 0.05) is 23.7 Å². The number of benzene rings is 2. The summed E-state index contributed by atoms with van der Waals surface area (Å²) in [6.07, 6.45) is 0. The maximum absolute atomic E-state index is 12.3. The Labute approximate surface area is 136 Å². The van der Waals surface area contributed by atoms with Gasteiger partial charge in [0.05, 0.1) is 0 Å². The molecule has 2 aromatic carbocycles. The number of hydrogen-bond donors (Lipinski definition) is 0. The van der Waals surface area contributed by atoms with Gasteiger partial charge < -0.3 is 9.64 Å². The molecule has 0 aliphatic carbocycles. The van der Waals surface area contributed by atoms with Gasteiger partial charge in [-0.25, -0.2) is 0 Å². The largest absolute Gasteiger partial charge is 0.489 e. The highest BCUT2D eigenvalue weighted by molar-refractivity contribution is 6.30. The third kappa shape index (κ3) is 4.25. The maximum Gasteiger partial charge on any atom is 0.253 e. The maximum atomic E-state index is 12.3. The van der Waals surface area contributed by atoms with E-state index in [-0.39, 0.29) is 5.91 Å². The molecule has 0 N–H and O–H groups in total. The molecule has 22 heavy (non-hydrogen) atoms. The number of rotatable bonds is 6. The monoisotopic (exact) mass is 317 g/mol. The van der Waals surface area contributed by atoms with Crippen molar-refractivity contribution in [3.63, 3.8) is 0 Å². The zero-order valence-corrected chi connectivity index (χ0v) is 13.6. The predicted molar refractivity (Wildman–Crippen MR) is 89.5 cm³/mol. The van der Waals surface area contributed by atoms with Gasteiger partial charge in [0.2, 0.25) is 0 Å². The summed E-state index contributed by atoms with van der Waals surface area (Å²) >= 11 is 5.95. The lowest BCUT2D eigenvalue weighted by atomic mass is 10.2. The fourth-order valence-corrected chi connectivity index (χ4v) is 2.42. The minimum Gasteiger partial charge on any atom is -0.489 e. The molecule has 0 atom stereocenters. The first kappa shape index (κ1) is 16.4. The smallest absolute Gasteiger partial charge is 0.253 e. The van der Waals surface area contributed by atoms with E-state index in [1.54, 1.807) is 11.0 Å². The molecule has 3 nitrogen and oxygen atoms in total. The number of amides is 1. The third-order valence-electron chi connectivity index (χ3n) is 3.43. The molecule has 0 aliphatic rings. The quantitative estimate of drug-likeness (QED) is 0.790. The average Bonchev–Trinajstić information content (AvgIpc) is 2.54. The van der Waals surface area contributed by atoms with Crippen LogP contribution in [0.2, 0.25) is 5.02 Å². The van der Waals surface area contributed by atoms with Gasteiger partial charge in [0.15, 0.2) is 0 Å². The Morgan fingerprint density at radius 2 is 1.82 bits per heavy atom. The van der Waals surface area contributed by atoms with Crippen molar-refractivity contribution in [2.24, 2.45) is 0 Å². The zero-order valence-electron chi connectivity index (χ0n) is 12.9. The molecule has 0 saturated heterocycles. The van der Waals surface area contributed by atoms with Gasteiger partial charge in [-0.2, -0.15) is 0 Å². The van der Waals surface area contributed by atoms with Crippen LogP contribution in [0.25, 0.3) is 0 Å². The second kappa shape index (κ2) is 7.85. The Morgan fingerprint density at radius 3 is 2.50 bits per heavy atom. The van der Waals surface area contributed by atoms with Gasteiger partial charge >= 0.3 is 0 Å².